The zero-order chi connectivity index (χ0) is 39.6. The van der Waals surface area contributed by atoms with Crippen LogP contribution < -0.4 is 9.80 Å². The van der Waals surface area contributed by atoms with Gasteiger partial charge in [0.2, 0.25) is 0 Å². The van der Waals surface area contributed by atoms with E-state index in [-0.39, 0.29) is 0 Å². The van der Waals surface area contributed by atoms with Gasteiger partial charge in [-0.2, -0.15) is 0 Å². The second-order valence-electron chi connectivity index (χ2n) is 16.6. The molecule has 286 valence electrons. The van der Waals surface area contributed by atoms with Gasteiger partial charge >= 0.3 is 0 Å². The fourth-order valence-corrected chi connectivity index (χ4v) is 10.5. The summed E-state index contributed by atoms with van der Waals surface area (Å²) in [5.41, 5.74) is 15.5. The van der Waals surface area contributed by atoms with Crippen molar-refractivity contribution in [1.29, 1.82) is 0 Å². The number of hydrogen-bond donors (Lipinski definition) is 0. The molecule has 2 aliphatic heterocycles. The zero-order valence-electron chi connectivity index (χ0n) is 33.6. The summed E-state index contributed by atoms with van der Waals surface area (Å²) in [7, 11) is 0. The van der Waals surface area contributed by atoms with Crippen molar-refractivity contribution in [3.05, 3.63) is 205 Å². The van der Waals surface area contributed by atoms with Crippen molar-refractivity contribution in [2.24, 2.45) is 0 Å². The van der Waals surface area contributed by atoms with Gasteiger partial charge in [-0.1, -0.05) is 152 Å². The third-order valence-electron chi connectivity index (χ3n) is 13.2. The summed E-state index contributed by atoms with van der Waals surface area (Å²) in [6.45, 7) is 2.00. The predicted molar refractivity (Wildman–Crippen MR) is 256 cm³/mol. The van der Waals surface area contributed by atoms with Crippen molar-refractivity contribution in [3.63, 3.8) is 0 Å². The first-order valence-corrected chi connectivity index (χ1v) is 21.6. The summed E-state index contributed by atoms with van der Waals surface area (Å²) in [5, 5.41) is 10.2. The lowest BCUT2D eigenvalue weighted by Crippen LogP contribution is -2.24. The Hall–Kier alpha value is -7.16. The summed E-state index contributed by atoms with van der Waals surface area (Å²) < 4.78 is 0. The molecule has 0 fully saturated rings. The molecule has 10 aromatic rings. The van der Waals surface area contributed by atoms with Gasteiger partial charge in [0.1, 0.15) is 0 Å². The van der Waals surface area contributed by atoms with Crippen LogP contribution in [0.2, 0.25) is 0 Å². The standard InChI is InChI=1S/C58H44N2/c1-5-24-47-39(14-1)18-10-26-49(47)43-20-9-21-44(36-43)57-51-32-30-46(60-35-13-23-42-17-4-8-29-56(42)60)38-54(51)58(50-27-11-19-40-15-2-6-25-48(40)50)52-33-31-45(37-53(52)57)59-34-12-22-41-16-3-7-28-55(41)59/h1-11,14-21,24-33,36-38H,12-13,22-23,34-35H2. The first kappa shape index (κ1) is 34.8. The van der Waals surface area contributed by atoms with Gasteiger partial charge in [0.25, 0.3) is 0 Å². The highest BCUT2D eigenvalue weighted by molar-refractivity contribution is 6.24. The van der Waals surface area contributed by atoms with Crippen LogP contribution in [0.4, 0.5) is 22.7 Å². The Balaban J connectivity index is 1.18. The van der Waals surface area contributed by atoms with Gasteiger partial charge in [-0.25, -0.2) is 0 Å². The minimum absolute atomic E-state index is 0.999. The summed E-state index contributed by atoms with van der Waals surface area (Å²) in [4.78, 5) is 5.10. The van der Waals surface area contributed by atoms with E-state index >= 15 is 0 Å². The van der Waals surface area contributed by atoms with Gasteiger partial charge in [0.15, 0.2) is 0 Å². The van der Waals surface area contributed by atoms with E-state index in [1.165, 1.54) is 110 Å². The molecular weight excluding hydrogens is 725 g/mol. The van der Waals surface area contributed by atoms with Gasteiger partial charge < -0.3 is 9.80 Å². The third kappa shape index (κ3) is 5.70. The van der Waals surface area contributed by atoms with Crippen LogP contribution >= 0.6 is 0 Å². The normalized spacial score (nSPS) is 13.9. The summed E-state index contributed by atoms with van der Waals surface area (Å²) in [6, 6.07) is 73.0. The van der Waals surface area contributed by atoms with E-state index in [2.05, 4.69) is 204 Å². The molecule has 10 aromatic carbocycles. The number of benzene rings is 10. The van der Waals surface area contributed by atoms with Crippen molar-refractivity contribution < 1.29 is 0 Å². The fraction of sp³-hybridized carbons (Fsp3) is 0.103. The van der Waals surface area contributed by atoms with E-state index in [1.807, 2.05) is 0 Å². The Labute approximate surface area is 351 Å². The van der Waals surface area contributed by atoms with Crippen LogP contribution in [0.5, 0.6) is 0 Å². The van der Waals surface area contributed by atoms with Crippen molar-refractivity contribution in [3.8, 4) is 33.4 Å². The molecule has 0 bridgehead atoms. The van der Waals surface area contributed by atoms with Crippen LogP contribution in [-0.2, 0) is 12.8 Å². The van der Waals surface area contributed by atoms with E-state index < -0.39 is 0 Å². The average Bonchev–Trinajstić information content (AvgIpc) is 3.32. The minimum Gasteiger partial charge on any atom is -0.341 e. The van der Waals surface area contributed by atoms with Crippen LogP contribution in [0.3, 0.4) is 0 Å². The van der Waals surface area contributed by atoms with Crippen LogP contribution in [0.15, 0.2) is 194 Å². The van der Waals surface area contributed by atoms with E-state index in [1.54, 1.807) is 0 Å². The SMILES string of the molecule is c1cc(-c2cccc3ccccc23)cc(-c2c3cc(N4CCCc5ccccc54)ccc3c(-c3cccc4ccccc34)c3cc(N4CCCc5ccccc54)ccc23)c1. The van der Waals surface area contributed by atoms with E-state index in [0.29, 0.717) is 0 Å². The maximum absolute atomic E-state index is 2.55. The first-order chi connectivity index (χ1) is 29.8. The summed E-state index contributed by atoms with van der Waals surface area (Å²) in [6.07, 6.45) is 4.51. The molecule has 2 heterocycles. The van der Waals surface area contributed by atoms with E-state index in [9.17, 15) is 0 Å². The molecule has 12 rings (SSSR count). The molecule has 0 aromatic heterocycles. The number of aryl methyl sites for hydroxylation is 2. The number of rotatable bonds is 5. The Kier molecular flexibility index (Phi) is 8.30. The lowest BCUT2D eigenvalue weighted by Gasteiger charge is -2.32. The van der Waals surface area contributed by atoms with Crippen LogP contribution in [0.25, 0.3) is 76.5 Å². The number of fused-ring (bicyclic) bond motifs is 6. The number of anilines is 4. The van der Waals surface area contributed by atoms with Crippen LogP contribution in [-0.4, -0.2) is 13.1 Å². The van der Waals surface area contributed by atoms with Crippen molar-refractivity contribution in [2.75, 3.05) is 22.9 Å². The third-order valence-corrected chi connectivity index (χ3v) is 13.2. The molecule has 0 atom stereocenters. The van der Waals surface area contributed by atoms with Gasteiger partial charge in [0, 0.05) is 35.8 Å². The lowest BCUT2D eigenvalue weighted by molar-refractivity contribution is 0.767. The van der Waals surface area contributed by atoms with Gasteiger partial charge in [-0.3, -0.25) is 0 Å². The molecule has 0 saturated heterocycles. The molecule has 0 unspecified atom stereocenters. The molecule has 0 saturated carbocycles. The zero-order valence-corrected chi connectivity index (χ0v) is 33.6. The summed E-state index contributed by atoms with van der Waals surface area (Å²) in [5.74, 6) is 0. The molecular formula is C58H44N2. The fourth-order valence-electron chi connectivity index (χ4n) is 10.5. The molecule has 0 amide bonds. The average molecular weight is 769 g/mol. The molecule has 0 spiro atoms. The molecule has 0 N–H and O–H groups in total. The Morgan fingerprint density at radius 3 is 1.45 bits per heavy atom. The highest BCUT2D eigenvalue weighted by atomic mass is 15.1. The number of hydrogen-bond acceptors (Lipinski definition) is 2. The number of para-hydroxylation sites is 2. The molecule has 0 aliphatic carbocycles. The van der Waals surface area contributed by atoms with Gasteiger partial charge in [0.05, 0.1) is 0 Å². The molecule has 0 radical (unpaired) electrons. The van der Waals surface area contributed by atoms with E-state index in [4.69, 9.17) is 0 Å². The topological polar surface area (TPSA) is 6.48 Å². The van der Waals surface area contributed by atoms with Crippen molar-refractivity contribution in [2.45, 2.75) is 25.7 Å². The largest absolute Gasteiger partial charge is 0.341 e. The summed E-state index contributed by atoms with van der Waals surface area (Å²) >= 11 is 0. The first-order valence-electron chi connectivity index (χ1n) is 21.6. The second-order valence-corrected chi connectivity index (χ2v) is 16.6. The highest BCUT2D eigenvalue weighted by Crippen LogP contribution is 2.49. The molecule has 2 aliphatic rings. The Morgan fingerprint density at radius 2 is 0.800 bits per heavy atom. The highest BCUT2D eigenvalue weighted by Gasteiger charge is 2.25. The lowest BCUT2D eigenvalue weighted by atomic mass is 9.83. The second kappa shape index (κ2) is 14.3. The van der Waals surface area contributed by atoms with Gasteiger partial charge in [-0.05, 0) is 156 Å². The Bertz CT molecular complexity index is 3290. The quantitative estimate of drug-likeness (QED) is 0.161. The molecule has 60 heavy (non-hydrogen) atoms. The maximum atomic E-state index is 2.55. The maximum Gasteiger partial charge on any atom is 0.0443 e. The van der Waals surface area contributed by atoms with E-state index in [0.717, 1.165) is 38.8 Å². The molecule has 2 nitrogen and oxygen atoms in total. The van der Waals surface area contributed by atoms with Crippen LogP contribution in [0, 0.1) is 0 Å². The van der Waals surface area contributed by atoms with Crippen molar-refractivity contribution >= 4 is 65.8 Å². The van der Waals surface area contributed by atoms with Crippen molar-refractivity contribution in [1.82, 2.24) is 0 Å². The van der Waals surface area contributed by atoms with Gasteiger partial charge in [-0.15, -0.1) is 0 Å². The van der Waals surface area contributed by atoms with Crippen LogP contribution in [0.1, 0.15) is 24.0 Å². The minimum atomic E-state index is 0.999. The predicted octanol–water partition coefficient (Wildman–Crippen LogP) is 15.5. The smallest absolute Gasteiger partial charge is 0.0443 e. The Morgan fingerprint density at radius 1 is 0.317 bits per heavy atom. The molecule has 2 heteroatoms. The monoisotopic (exact) mass is 768 g/mol. The number of nitrogens with zero attached hydrogens (tertiary/aromatic N) is 2.